The minimum Gasteiger partial charge on any atom is -0.385 e. The standard InChI is InChI=1S/C19H22N2O3S/c1-14-6-8-15(9-7-14)18(22)21-13-16(17-5-3-12-25-17)19(23)20-10-4-11-24-2/h3,5-9,12-13H,4,10-11H2,1-2H3,(H,20,23)(H,21,22)/b16-13-. The van der Waals surface area contributed by atoms with Gasteiger partial charge in [0.25, 0.3) is 11.8 Å². The number of hydrogen-bond acceptors (Lipinski definition) is 4. The van der Waals surface area contributed by atoms with Crippen LogP contribution in [0.3, 0.4) is 0 Å². The second-order valence-corrected chi connectivity index (χ2v) is 6.42. The van der Waals surface area contributed by atoms with E-state index in [0.717, 1.165) is 16.9 Å². The number of hydrogen-bond donors (Lipinski definition) is 2. The fraction of sp³-hybridized carbons (Fsp3) is 0.263. The molecule has 2 rings (SSSR count). The number of rotatable bonds is 8. The van der Waals surface area contributed by atoms with Crippen molar-refractivity contribution in [3.05, 3.63) is 64.0 Å². The summed E-state index contributed by atoms with van der Waals surface area (Å²) in [6.45, 7) is 3.06. The molecule has 0 aliphatic carbocycles. The molecule has 0 spiro atoms. The van der Waals surface area contributed by atoms with E-state index in [1.54, 1.807) is 19.2 Å². The second-order valence-electron chi connectivity index (χ2n) is 5.48. The van der Waals surface area contributed by atoms with E-state index in [1.807, 2.05) is 36.6 Å². The number of thiophene rings is 1. The van der Waals surface area contributed by atoms with Crippen molar-refractivity contribution in [2.45, 2.75) is 13.3 Å². The summed E-state index contributed by atoms with van der Waals surface area (Å²) in [5, 5.41) is 7.45. The molecule has 0 saturated heterocycles. The molecule has 1 aromatic heterocycles. The molecule has 5 nitrogen and oxygen atoms in total. The Morgan fingerprint density at radius 1 is 1.20 bits per heavy atom. The van der Waals surface area contributed by atoms with E-state index < -0.39 is 0 Å². The molecule has 1 aromatic carbocycles. The van der Waals surface area contributed by atoms with Crippen molar-refractivity contribution in [1.29, 1.82) is 0 Å². The van der Waals surface area contributed by atoms with Crippen LogP contribution in [0.1, 0.15) is 27.2 Å². The number of benzene rings is 1. The van der Waals surface area contributed by atoms with Gasteiger partial charge in [0.15, 0.2) is 0 Å². The Balaban J connectivity index is 2.07. The van der Waals surface area contributed by atoms with Crippen LogP contribution in [0.4, 0.5) is 0 Å². The van der Waals surface area contributed by atoms with Crippen molar-refractivity contribution in [3.8, 4) is 0 Å². The van der Waals surface area contributed by atoms with Gasteiger partial charge in [0.1, 0.15) is 0 Å². The first kappa shape index (κ1) is 18.9. The quantitative estimate of drug-likeness (QED) is 0.563. The first-order chi connectivity index (χ1) is 12.1. The number of ether oxygens (including phenoxy) is 1. The van der Waals surface area contributed by atoms with Gasteiger partial charge in [0.05, 0.1) is 5.57 Å². The van der Waals surface area contributed by atoms with Crippen LogP contribution in [0.2, 0.25) is 0 Å². The predicted octanol–water partition coefficient (Wildman–Crippen LogP) is 2.98. The maximum Gasteiger partial charge on any atom is 0.255 e. The smallest absolute Gasteiger partial charge is 0.255 e. The molecular formula is C19H22N2O3S. The van der Waals surface area contributed by atoms with E-state index in [0.29, 0.717) is 24.3 Å². The number of carbonyl (C=O) groups excluding carboxylic acids is 2. The molecule has 0 atom stereocenters. The molecule has 2 N–H and O–H groups in total. The zero-order chi connectivity index (χ0) is 18.1. The summed E-state index contributed by atoms with van der Waals surface area (Å²) >= 11 is 1.45. The van der Waals surface area contributed by atoms with Gasteiger partial charge < -0.3 is 15.4 Å². The molecule has 25 heavy (non-hydrogen) atoms. The normalized spacial score (nSPS) is 11.2. The third-order valence-electron chi connectivity index (χ3n) is 3.50. The summed E-state index contributed by atoms with van der Waals surface area (Å²) in [7, 11) is 1.62. The average Bonchev–Trinajstić information content (AvgIpc) is 3.13. The summed E-state index contributed by atoms with van der Waals surface area (Å²) in [5.41, 5.74) is 2.07. The van der Waals surface area contributed by atoms with Crippen molar-refractivity contribution >= 4 is 28.7 Å². The van der Waals surface area contributed by atoms with E-state index in [2.05, 4.69) is 10.6 Å². The highest BCUT2D eigenvalue weighted by molar-refractivity contribution is 7.11. The fourth-order valence-corrected chi connectivity index (χ4v) is 2.86. The summed E-state index contributed by atoms with van der Waals surface area (Å²) < 4.78 is 4.97. The van der Waals surface area contributed by atoms with Gasteiger partial charge in [-0.05, 0) is 36.9 Å². The fourth-order valence-electron chi connectivity index (χ4n) is 2.12. The SMILES string of the molecule is COCCCNC(=O)/C(=C\NC(=O)c1ccc(C)cc1)c1cccs1. The van der Waals surface area contributed by atoms with Gasteiger partial charge in [0.2, 0.25) is 0 Å². The Labute approximate surface area is 151 Å². The molecule has 0 aliphatic rings. The average molecular weight is 358 g/mol. The van der Waals surface area contributed by atoms with Crippen LogP contribution < -0.4 is 10.6 Å². The first-order valence-electron chi connectivity index (χ1n) is 8.00. The van der Waals surface area contributed by atoms with E-state index in [9.17, 15) is 9.59 Å². The Morgan fingerprint density at radius 3 is 2.60 bits per heavy atom. The third-order valence-corrected chi connectivity index (χ3v) is 4.41. The van der Waals surface area contributed by atoms with Crippen molar-refractivity contribution in [2.24, 2.45) is 0 Å². The third kappa shape index (κ3) is 5.85. The summed E-state index contributed by atoms with van der Waals surface area (Å²) in [6.07, 6.45) is 2.20. The molecule has 0 radical (unpaired) electrons. The van der Waals surface area contributed by atoms with Gasteiger partial charge in [0, 0.05) is 36.9 Å². The number of methoxy groups -OCH3 is 1. The maximum absolute atomic E-state index is 12.4. The van der Waals surface area contributed by atoms with Crippen LogP contribution in [0, 0.1) is 6.92 Å². The molecule has 1 heterocycles. The first-order valence-corrected chi connectivity index (χ1v) is 8.88. The molecule has 0 unspecified atom stereocenters. The highest BCUT2D eigenvalue weighted by Crippen LogP contribution is 2.20. The summed E-state index contributed by atoms with van der Waals surface area (Å²) in [4.78, 5) is 25.5. The van der Waals surface area contributed by atoms with Crippen molar-refractivity contribution in [2.75, 3.05) is 20.3 Å². The van der Waals surface area contributed by atoms with E-state index in [4.69, 9.17) is 4.74 Å². The van der Waals surface area contributed by atoms with Crippen LogP contribution in [-0.2, 0) is 9.53 Å². The van der Waals surface area contributed by atoms with Crippen LogP contribution in [0.15, 0.2) is 48.0 Å². The number of carbonyl (C=O) groups is 2. The molecule has 2 aromatic rings. The zero-order valence-corrected chi connectivity index (χ0v) is 15.2. The number of nitrogens with one attached hydrogen (secondary N) is 2. The second kappa shape index (κ2) is 9.76. The number of aryl methyl sites for hydroxylation is 1. The van der Waals surface area contributed by atoms with Crippen LogP contribution >= 0.6 is 11.3 Å². The van der Waals surface area contributed by atoms with Gasteiger partial charge in [-0.1, -0.05) is 23.8 Å². The molecular weight excluding hydrogens is 336 g/mol. The maximum atomic E-state index is 12.4. The largest absolute Gasteiger partial charge is 0.385 e. The summed E-state index contributed by atoms with van der Waals surface area (Å²) in [6, 6.07) is 11.0. The zero-order valence-electron chi connectivity index (χ0n) is 14.4. The Kier molecular flexibility index (Phi) is 7.37. The minimum absolute atomic E-state index is 0.220. The summed E-state index contributed by atoms with van der Waals surface area (Å²) in [5.74, 6) is -0.469. The van der Waals surface area contributed by atoms with Crippen LogP contribution in [0.25, 0.3) is 5.57 Å². The molecule has 2 amide bonds. The van der Waals surface area contributed by atoms with Crippen LogP contribution in [-0.4, -0.2) is 32.1 Å². The minimum atomic E-state index is -0.249. The highest BCUT2D eigenvalue weighted by Gasteiger charge is 2.13. The van der Waals surface area contributed by atoms with Gasteiger partial charge in [-0.3, -0.25) is 9.59 Å². The van der Waals surface area contributed by atoms with Crippen molar-refractivity contribution in [1.82, 2.24) is 10.6 Å². The Hall–Kier alpha value is -2.44. The predicted molar refractivity (Wildman–Crippen MR) is 100 cm³/mol. The molecule has 0 aliphatic heterocycles. The van der Waals surface area contributed by atoms with E-state index >= 15 is 0 Å². The van der Waals surface area contributed by atoms with E-state index in [1.165, 1.54) is 17.5 Å². The van der Waals surface area contributed by atoms with Gasteiger partial charge in [-0.15, -0.1) is 11.3 Å². The molecule has 132 valence electrons. The molecule has 6 heteroatoms. The lowest BCUT2D eigenvalue weighted by molar-refractivity contribution is -0.115. The monoisotopic (exact) mass is 358 g/mol. The number of amides is 2. The van der Waals surface area contributed by atoms with E-state index in [-0.39, 0.29) is 11.8 Å². The molecule has 0 fully saturated rings. The topological polar surface area (TPSA) is 67.4 Å². The van der Waals surface area contributed by atoms with Crippen LogP contribution in [0.5, 0.6) is 0 Å². The van der Waals surface area contributed by atoms with Gasteiger partial charge >= 0.3 is 0 Å². The molecule has 0 saturated carbocycles. The molecule has 0 bridgehead atoms. The lowest BCUT2D eigenvalue weighted by Crippen LogP contribution is -2.27. The highest BCUT2D eigenvalue weighted by atomic mass is 32.1. The lowest BCUT2D eigenvalue weighted by atomic mass is 10.1. The Bertz CT molecular complexity index is 722. The lowest BCUT2D eigenvalue weighted by Gasteiger charge is -2.08. The van der Waals surface area contributed by atoms with Crippen molar-refractivity contribution < 1.29 is 14.3 Å². The Morgan fingerprint density at radius 2 is 1.96 bits per heavy atom. The van der Waals surface area contributed by atoms with Gasteiger partial charge in [-0.2, -0.15) is 0 Å². The van der Waals surface area contributed by atoms with Crippen molar-refractivity contribution in [3.63, 3.8) is 0 Å². The van der Waals surface area contributed by atoms with Gasteiger partial charge in [-0.25, -0.2) is 0 Å².